The summed E-state index contributed by atoms with van der Waals surface area (Å²) in [5.41, 5.74) is 0.665. The molecule has 3 rings (SSSR count). The van der Waals surface area contributed by atoms with Crippen molar-refractivity contribution in [2.45, 2.75) is 59.3 Å². The van der Waals surface area contributed by atoms with Gasteiger partial charge in [0, 0.05) is 17.9 Å². The Balaban J connectivity index is 1.59. The van der Waals surface area contributed by atoms with Crippen LogP contribution in [0.5, 0.6) is 0 Å². The van der Waals surface area contributed by atoms with Crippen molar-refractivity contribution in [3.63, 3.8) is 0 Å². The first-order valence-corrected chi connectivity index (χ1v) is 8.23. The fourth-order valence-electron chi connectivity index (χ4n) is 4.08. The highest BCUT2D eigenvalue weighted by molar-refractivity contribution is 5.69. The van der Waals surface area contributed by atoms with E-state index in [0.717, 1.165) is 13.0 Å². The monoisotopic (exact) mass is 337 g/mol. The van der Waals surface area contributed by atoms with Gasteiger partial charge in [-0.1, -0.05) is 13.8 Å². The summed E-state index contributed by atoms with van der Waals surface area (Å²) in [7, 11) is 0. The molecule has 2 fully saturated rings. The molecule has 0 radical (unpaired) electrons. The highest BCUT2D eigenvalue weighted by atomic mass is 16.6. The normalized spacial score (nSPS) is 27.4. The molecule has 1 aliphatic heterocycles. The first-order chi connectivity index (χ1) is 11.2. The molecular weight excluding hydrogens is 314 g/mol. The van der Waals surface area contributed by atoms with Crippen molar-refractivity contribution in [3.8, 4) is 0 Å². The molecule has 1 aliphatic carbocycles. The molecular formula is C16H23N3O5. The van der Waals surface area contributed by atoms with Crippen LogP contribution >= 0.6 is 0 Å². The predicted octanol–water partition coefficient (Wildman–Crippen LogP) is 2.15. The van der Waals surface area contributed by atoms with Gasteiger partial charge in [-0.15, -0.1) is 0 Å². The van der Waals surface area contributed by atoms with Crippen molar-refractivity contribution < 1.29 is 19.2 Å². The van der Waals surface area contributed by atoms with Crippen LogP contribution in [0.2, 0.25) is 0 Å². The van der Waals surface area contributed by atoms with Gasteiger partial charge in [0.05, 0.1) is 24.0 Å². The third kappa shape index (κ3) is 2.58. The molecule has 0 amide bonds. The summed E-state index contributed by atoms with van der Waals surface area (Å²) in [5, 5.41) is 15.2. The lowest BCUT2D eigenvalue weighted by Crippen LogP contribution is -2.61. The zero-order valence-corrected chi connectivity index (χ0v) is 14.4. The number of esters is 1. The Labute approximate surface area is 140 Å². The van der Waals surface area contributed by atoms with E-state index in [2.05, 4.69) is 18.9 Å². The van der Waals surface area contributed by atoms with Gasteiger partial charge < -0.3 is 9.47 Å². The number of ether oxygens (including phenoxy) is 2. The second kappa shape index (κ2) is 5.84. The molecule has 1 saturated heterocycles. The van der Waals surface area contributed by atoms with Gasteiger partial charge in [-0.3, -0.25) is 19.6 Å². The van der Waals surface area contributed by atoms with Crippen LogP contribution in [0.4, 0.5) is 5.69 Å². The quantitative estimate of drug-likeness (QED) is 0.464. The number of nitrogens with zero attached hydrogens (tertiary/aromatic N) is 3. The minimum Gasteiger partial charge on any atom is -0.461 e. The maximum Gasteiger partial charge on any atom is 0.312 e. The maximum atomic E-state index is 12.2. The Hall–Kier alpha value is -1.96. The Morgan fingerprint density at radius 2 is 2.21 bits per heavy atom. The summed E-state index contributed by atoms with van der Waals surface area (Å²) in [6, 6.07) is 0. The van der Waals surface area contributed by atoms with Gasteiger partial charge in [-0.05, 0) is 20.3 Å². The molecule has 0 aromatic carbocycles. The zero-order chi connectivity index (χ0) is 17.6. The van der Waals surface area contributed by atoms with Gasteiger partial charge in [0.25, 0.3) is 0 Å². The number of rotatable bonds is 5. The van der Waals surface area contributed by atoms with Crippen molar-refractivity contribution in [2.75, 3.05) is 6.61 Å². The SMILES string of the molecule is Cc1nn(CCC(=O)OC2C3CCOC3C2(C)C)c(C)c1[N+](=O)[O-]. The molecule has 0 N–H and O–H groups in total. The fourth-order valence-corrected chi connectivity index (χ4v) is 4.08. The summed E-state index contributed by atoms with van der Waals surface area (Å²) >= 11 is 0. The first kappa shape index (κ1) is 16.9. The van der Waals surface area contributed by atoms with Crippen LogP contribution in [0.3, 0.4) is 0 Å². The second-order valence-electron chi connectivity index (χ2n) is 7.23. The van der Waals surface area contributed by atoms with Crippen LogP contribution < -0.4 is 0 Å². The Morgan fingerprint density at radius 3 is 2.83 bits per heavy atom. The molecule has 0 spiro atoms. The average molecular weight is 337 g/mol. The minimum absolute atomic E-state index is 0.00874. The lowest BCUT2D eigenvalue weighted by Gasteiger charge is -2.53. The van der Waals surface area contributed by atoms with E-state index in [0.29, 0.717) is 17.3 Å². The average Bonchev–Trinajstić information content (AvgIpc) is 3.06. The van der Waals surface area contributed by atoms with Crippen molar-refractivity contribution in [1.82, 2.24) is 9.78 Å². The fraction of sp³-hybridized carbons (Fsp3) is 0.750. The molecule has 3 atom stereocenters. The van der Waals surface area contributed by atoms with E-state index >= 15 is 0 Å². The van der Waals surface area contributed by atoms with E-state index in [1.165, 1.54) is 4.68 Å². The number of hydrogen-bond acceptors (Lipinski definition) is 6. The molecule has 132 valence electrons. The topological polar surface area (TPSA) is 96.5 Å². The number of aromatic nitrogens is 2. The summed E-state index contributed by atoms with van der Waals surface area (Å²) in [5.74, 6) is -0.00708. The molecule has 8 heteroatoms. The van der Waals surface area contributed by atoms with Gasteiger partial charge in [-0.25, -0.2) is 0 Å². The standard InChI is InChI=1S/C16H23N3O5/c1-9-13(19(21)22)10(2)18(17-9)7-5-12(20)24-15-11-6-8-23-14(11)16(15,3)4/h11,14-15H,5-8H2,1-4H3. The van der Waals surface area contributed by atoms with Crippen LogP contribution in [-0.2, 0) is 20.8 Å². The van der Waals surface area contributed by atoms with E-state index in [-0.39, 0.29) is 42.2 Å². The van der Waals surface area contributed by atoms with Gasteiger partial charge in [0.1, 0.15) is 17.5 Å². The summed E-state index contributed by atoms with van der Waals surface area (Å²) < 4.78 is 12.9. The van der Waals surface area contributed by atoms with Gasteiger partial charge in [0.15, 0.2) is 0 Å². The Bertz CT molecular complexity index is 681. The molecule has 2 aliphatic rings. The third-order valence-electron chi connectivity index (χ3n) is 5.30. The Morgan fingerprint density at radius 1 is 1.50 bits per heavy atom. The first-order valence-electron chi connectivity index (χ1n) is 8.23. The highest BCUT2D eigenvalue weighted by Crippen LogP contribution is 2.53. The molecule has 3 unspecified atom stereocenters. The number of hydrogen-bond donors (Lipinski definition) is 0. The lowest BCUT2D eigenvalue weighted by molar-refractivity contribution is -0.386. The smallest absolute Gasteiger partial charge is 0.312 e. The van der Waals surface area contributed by atoms with Crippen molar-refractivity contribution in [3.05, 3.63) is 21.5 Å². The maximum absolute atomic E-state index is 12.2. The minimum atomic E-state index is -0.441. The molecule has 1 aromatic heterocycles. The number of nitro groups is 1. The van der Waals surface area contributed by atoms with Crippen molar-refractivity contribution in [2.24, 2.45) is 11.3 Å². The zero-order valence-electron chi connectivity index (χ0n) is 14.4. The molecule has 0 bridgehead atoms. The van der Waals surface area contributed by atoms with Gasteiger partial charge in [0.2, 0.25) is 0 Å². The second-order valence-corrected chi connectivity index (χ2v) is 7.23. The molecule has 24 heavy (non-hydrogen) atoms. The lowest BCUT2D eigenvalue weighted by atomic mass is 9.59. The van der Waals surface area contributed by atoms with E-state index < -0.39 is 4.92 Å². The van der Waals surface area contributed by atoms with Crippen LogP contribution in [-0.4, -0.2) is 39.5 Å². The van der Waals surface area contributed by atoms with Crippen LogP contribution in [0.15, 0.2) is 0 Å². The Kier molecular flexibility index (Phi) is 4.11. The number of aryl methyl sites for hydroxylation is 2. The summed E-state index contributed by atoms with van der Waals surface area (Å²) in [4.78, 5) is 22.8. The van der Waals surface area contributed by atoms with Gasteiger partial charge >= 0.3 is 11.7 Å². The van der Waals surface area contributed by atoms with Crippen molar-refractivity contribution in [1.29, 1.82) is 0 Å². The van der Waals surface area contributed by atoms with Crippen LogP contribution in [0, 0.1) is 35.3 Å². The third-order valence-corrected chi connectivity index (χ3v) is 5.30. The highest BCUT2D eigenvalue weighted by Gasteiger charge is 2.61. The largest absolute Gasteiger partial charge is 0.461 e. The van der Waals surface area contributed by atoms with Crippen LogP contribution in [0.25, 0.3) is 0 Å². The van der Waals surface area contributed by atoms with E-state index in [1.54, 1.807) is 13.8 Å². The van der Waals surface area contributed by atoms with E-state index in [4.69, 9.17) is 9.47 Å². The summed E-state index contributed by atoms with van der Waals surface area (Å²) in [6.07, 6.45) is 1.13. The number of carbonyl (C=O) groups is 1. The van der Waals surface area contributed by atoms with Crippen LogP contribution in [0.1, 0.15) is 38.1 Å². The summed E-state index contributed by atoms with van der Waals surface area (Å²) in [6.45, 7) is 8.35. The molecule has 8 nitrogen and oxygen atoms in total. The van der Waals surface area contributed by atoms with E-state index in [9.17, 15) is 14.9 Å². The predicted molar refractivity (Wildman–Crippen MR) is 84.5 cm³/mol. The van der Waals surface area contributed by atoms with Gasteiger partial charge in [-0.2, -0.15) is 5.10 Å². The number of fused-ring (bicyclic) bond motifs is 1. The molecule has 2 heterocycles. The van der Waals surface area contributed by atoms with Crippen molar-refractivity contribution >= 4 is 11.7 Å². The molecule has 1 aromatic rings. The van der Waals surface area contributed by atoms with E-state index in [1.807, 2.05) is 0 Å². The number of carbonyl (C=O) groups excluding carboxylic acids is 1. The molecule has 1 saturated carbocycles.